The van der Waals surface area contributed by atoms with Crippen LogP contribution in [-0.4, -0.2) is 4.57 Å². The van der Waals surface area contributed by atoms with Crippen LogP contribution < -0.4 is 4.57 Å². The summed E-state index contributed by atoms with van der Waals surface area (Å²) in [6, 6.07) is 0. The third-order valence-corrected chi connectivity index (χ3v) is 10.8. The molecule has 0 saturated heterocycles. The lowest BCUT2D eigenvalue weighted by Gasteiger charge is -2.07. The van der Waals surface area contributed by atoms with Crippen LogP contribution >= 0.6 is 0 Å². The van der Waals surface area contributed by atoms with E-state index in [0.29, 0.717) is 0 Å². The molecule has 0 fully saturated rings. The minimum atomic E-state index is 1.23. The van der Waals surface area contributed by atoms with Crippen LogP contribution in [0.5, 0.6) is 0 Å². The second kappa shape index (κ2) is 36.5. The number of hydrogen-bond donors (Lipinski definition) is 0. The van der Waals surface area contributed by atoms with Crippen molar-refractivity contribution in [1.29, 1.82) is 0 Å². The first kappa shape index (κ1) is 44.2. The quantitative estimate of drug-likeness (QED) is 0.0492. The van der Waals surface area contributed by atoms with Crippen molar-refractivity contribution in [3.8, 4) is 0 Å². The molecule has 0 bridgehead atoms. The van der Waals surface area contributed by atoms with Gasteiger partial charge in [-0.05, 0) is 32.1 Å². The fraction of sp³-hybridized carbons (Fsp3) is 0.933. The summed E-state index contributed by atoms with van der Waals surface area (Å²) in [4.78, 5) is 0. The van der Waals surface area contributed by atoms with Crippen molar-refractivity contribution in [1.82, 2.24) is 4.57 Å². The molecule has 0 spiro atoms. The van der Waals surface area contributed by atoms with E-state index in [1.54, 1.807) is 5.82 Å². The van der Waals surface area contributed by atoms with Crippen molar-refractivity contribution in [3.05, 3.63) is 18.2 Å². The summed E-state index contributed by atoms with van der Waals surface area (Å²) in [7, 11) is 0. The minimum Gasteiger partial charge on any atom is -0.234 e. The summed E-state index contributed by atoms with van der Waals surface area (Å²) >= 11 is 0. The molecule has 1 heterocycles. The van der Waals surface area contributed by atoms with Crippen LogP contribution in [0, 0.1) is 0 Å². The highest BCUT2D eigenvalue weighted by Crippen LogP contribution is 2.16. The van der Waals surface area contributed by atoms with Gasteiger partial charge in [-0.1, -0.05) is 220 Å². The lowest BCUT2D eigenvalue weighted by atomic mass is 10.0. The van der Waals surface area contributed by atoms with Gasteiger partial charge < -0.3 is 0 Å². The summed E-state index contributed by atoms with van der Waals surface area (Å²) in [5, 5.41) is 0. The number of hydrogen-bond acceptors (Lipinski definition) is 0. The monoisotopic (exact) mass is 658 g/mol. The van der Waals surface area contributed by atoms with Crippen molar-refractivity contribution in [2.75, 3.05) is 0 Å². The van der Waals surface area contributed by atoms with Crippen LogP contribution in [0.25, 0.3) is 0 Å². The number of nitrogens with zero attached hydrogens (tertiary/aromatic N) is 2. The molecule has 0 N–H and O–H groups in total. The molecule has 1 aromatic heterocycles. The van der Waals surface area contributed by atoms with E-state index in [9.17, 15) is 0 Å². The summed E-state index contributed by atoms with van der Waals surface area (Å²) in [5.74, 6) is 1.61. The maximum Gasteiger partial charge on any atom is 0.256 e. The molecule has 0 saturated carbocycles. The molecule has 0 unspecified atom stereocenters. The normalized spacial score (nSPS) is 11.6. The zero-order chi connectivity index (χ0) is 33.7. The Morgan fingerprint density at radius 3 is 1.02 bits per heavy atom. The van der Waals surface area contributed by atoms with Gasteiger partial charge in [0, 0.05) is 6.42 Å². The molecular weight excluding hydrogens is 569 g/mol. The average Bonchev–Trinajstić information content (AvgIpc) is 3.47. The van der Waals surface area contributed by atoms with Gasteiger partial charge in [0.15, 0.2) is 0 Å². The SMILES string of the molecule is CCCCCCCCCCCCCCCCCCC[n+]1ccn(CCCCCCCCCCCCCCCCCC)c1CCCCC. The summed E-state index contributed by atoms with van der Waals surface area (Å²) in [6.07, 6.45) is 57.9. The Morgan fingerprint density at radius 1 is 0.362 bits per heavy atom. The van der Waals surface area contributed by atoms with Gasteiger partial charge in [0.2, 0.25) is 0 Å². The van der Waals surface area contributed by atoms with Crippen LogP contribution in [0.2, 0.25) is 0 Å². The van der Waals surface area contributed by atoms with Gasteiger partial charge in [-0.15, -0.1) is 0 Å². The van der Waals surface area contributed by atoms with E-state index in [1.807, 2.05) is 0 Å². The Morgan fingerprint density at radius 2 is 0.660 bits per heavy atom. The molecule has 278 valence electrons. The van der Waals surface area contributed by atoms with E-state index in [1.165, 1.54) is 251 Å². The molecule has 0 aliphatic rings. The van der Waals surface area contributed by atoms with Gasteiger partial charge >= 0.3 is 0 Å². The highest BCUT2D eigenvalue weighted by molar-refractivity contribution is 4.84. The number of aromatic nitrogens is 2. The van der Waals surface area contributed by atoms with Gasteiger partial charge in [0.1, 0.15) is 12.4 Å². The summed E-state index contributed by atoms with van der Waals surface area (Å²) in [5.41, 5.74) is 0. The number of imidazole rings is 1. The topological polar surface area (TPSA) is 8.81 Å². The third kappa shape index (κ3) is 28.7. The highest BCUT2D eigenvalue weighted by atomic mass is 15.1. The molecule has 47 heavy (non-hydrogen) atoms. The predicted octanol–water partition coefficient (Wildman–Crippen LogP) is 15.4. The van der Waals surface area contributed by atoms with Crippen LogP contribution in [0.1, 0.15) is 258 Å². The predicted molar refractivity (Wildman–Crippen MR) is 212 cm³/mol. The van der Waals surface area contributed by atoms with E-state index < -0.39 is 0 Å². The smallest absolute Gasteiger partial charge is 0.234 e. The molecule has 1 rings (SSSR count). The van der Waals surface area contributed by atoms with Crippen LogP contribution in [-0.2, 0) is 19.5 Å². The summed E-state index contributed by atoms with van der Waals surface area (Å²) in [6.45, 7) is 9.41. The lowest BCUT2D eigenvalue weighted by molar-refractivity contribution is -0.704. The molecule has 0 aliphatic heterocycles. The average molecular weight is 658 g/mol. The third-order valence-electron chi connectivity index (χ3n) is 10.8. The molecule has 2 heteroatoms. The first-order chi connectivity index (χ1) is 23.3. The van der Waals surface area contributed by atoms with Crippen molar-refractivity contribution in [3.63, 3.8) is 0 Å². The molecule has 0 atom stereocenters. The van der Waals surface area contributed by atoms with Crippen molar-refractivity contribution < 1.29 is 4.57 Å². The number of aryl methyl sites for hydroxylation is 2. The molecule has 0 aliphatic carbocycles. The van der Waals surface area contributed by atoms with Crippen molar-refractivity contribution in [2.24, 2.45) is 0 Å². The maximum absolute atomic E-state index is 2.62. The summed E-state index contributed by atoms with van der Waals surface area (Å²) < 4.78 is 5.24. The van der Waals surface area contributed by atoms with Gasteiger partial charge in [-0.25, -0.2) is 9.13 Å². The Kier molecular flexibility index (Phi) is 34.3. The Balaban J connectivity index is 2.04. The van der Waals surface area contributed by atoms with E-state index in [4.69, 9.17) is 0 Å². The van der Waals surface area contributed by atoms with Gasteiger partial charge in [-0.2, -0.15) is 0 Å². The van der Waals surface area contributed by atoms with E-state index >= 15 is 0 Å². The van der Waals surface area contributed by atoms with Gasteiger partial charge in [-0.3, -0.25) is 0 Å². The molecule has 0 aromatic carbocycles. The first-order valence-electron chi connectivity index (χ1n) is 22.4. The van der Waals surface area contributed by atoms with Gasteiger partial charge in [0.25, 0.3) is 5.82 Å². The first-order valence-corrected chi connectivity index (χ1v) is 22.4. The van der Waals surface area contributed by atoms with Crippen LogP contribution in [0.3, 0.4) is 0 Å². The number of rotatable bonds is 39. The van der Waals surface area contributed by atoms with Crippen LogP contribution in [0.4, 0.5) is 0 Å². The minimum absolute atomic E-state index is 1.23. The van der Waals surface area contributed by atoms with Gasteiger partial charge in [0.05, 0.1) is 13.1 Å². The molecular formula is C45H89N2+. The molecule has 2 nitrogen and oxygen atoms in total. The highest BCUT2D eigenvalue weighted by Gasteiger charge is 2.16. The number of unbranched alkanes of at least 4 members (excludes halogenated alkanes) is 33. The Hall–Kier alpha value is -0.790. The fourth-order valence-corrected chi connectivity index (χ4v) is 7.56. The maximum atomic E-state index is 2.62. The molecule has 0 amide bonds. The Labute approximate surface area is 298 Å². The molecule has 1 aromatic rings. The van der Waals surface area contributed by atoms with Crippen molar-refractivity contribution in [2.45, 2.75) is 271 Å². The zero-order valence-corrected chi connectivity index (χ0v) is 33.1. The lowest BCUT2D eigenvalue weighted by Crippen LogP contribution is -2.37. The fourth-order valence-electron chi connectivity index (χ4n) is 7.56. The van der Waals surface area contributed by atoms with Crippen molar-refractivity contribution >= 4 is 0 Å². The second-order valence-electron chi connectivity index (χ2n) is 15.5. The van der Waals surface area contributed by atoms with Crippen LogP contribution in [0.15, 0.2) is 12.4 Å². The van der Waals surface area contributed by atoms with E-state index in [0.717, 1.165) is 0 Å². The second-order valence-corrected chi connectivity index (χ2v) is 15.5. The standard InChI is InChI=1S/C45H89N2/c1-4-7-10-12-14-16-18-20-22-24-26-28-30-32-34-36-39-42-47-44-43-46(45(47)40-37-9-6-3)41-38-35-33-31-29-27-25-23-21-19-17-15-13-11-8-5-2/h43-44H,4-42H2,1-3H3/q+1. The van der Waals surface area contributed by atoms with E-state index in [2.05, 4.69) is 42.3 Å². The zero-order valence-electron chi connectivity index (χ0n) is 33.1. The van der Waals surface area contributed by atoms with E-state index in [-0.39, 0.29) is 0 Å². The molecule has 0 radical (unpaired) electrons. The Bertz CT molecular complexity index is 722. The largest absolute Gasteiger partial charge is 0.256 e.